The molecule has 1 aromatic rings. The molecule has 0 spiro atoms. The van der Waals surface area contributed by atoms with Crippen LogP contribution in [0.15, 0.2) is 45.2 Å². The minimum absolute atomic E-state index is 0.0285. The number of methoxy groups -OCH3 is 1. The molecule has 1 N–H and O–H groups in total. The molecule has 2 aliphatic heterocycles. The van der Waals surface area contributed by atoms with Crippen LogP contribution >= 0.6 is 43.6 Å². The van der Waals surface area contributed by atoms with Crippen LogP contribution in [0.1, 0.15) is 11.5 Å². The first kappa shape index (κ1) is 18.7. The van der Waals surface area contributed by atoms with Gasteiger partial charge >= 0.3 is 5.97 Å². The van der Waals surface area contributed by atoms with Gasteiger partial charge in [-0.1, -0.05) is 22.0 Å². The van der Waals surface area contributed by atoms with Gasteiger partial charge in [0, 0.05) is 34.0 Å². The molecule has 2 aliphatic rings. The molecule has 0 fully saturated rings. The molecule has 0 bridgehead atoms. The number of carbonyl (C=O) groups excluding carboxylic acids is 2. The Bertz CT molecular complexity index is 822. The standard InChI is InChI=1S/C17H14Br2FNO3S/c1-24-17(23)16-11(5-18)21-12-6-25-7-13(22)15(12)14(16)8-2-3-10(20)9(19)4-8/h2-4,14,21H,5-7H2,1H3. The maximum atomic E-state index is 13.7. The van der Waals surface area contributed by atoms with Gasteiger partial charge in [-0.2, -0.15) is 0 Å². The second-order valence-electron chi connectivity index (χ2n) is 5.56. The third-order valence-corrected chi connectivity index (χ3v) is 6.25. The monoisotopic (exact) mass is 489 g/mol. The van der Waals surface area contributed by atoms with E-state index in [1.807, 2.05) is 0 Å². The summed E-state index contributed by atoms with van der Waals surface area (Å²) in [5.41, 5.74) is 3.06. The predicted molar refractivity (Wildman–Crippen MR) is 102 cm³/mol. The molecule has 2 heterocycles. The van der Waals surface area contributed by atoms with Crippen LogP contribution in [0.25, 0.3) is 0 Å². The first-order valence-electron chi connectivity index (χ1n) is 7.41. The van der Waals surface area contributed by atoms with Crippen LogP contribution in [0, 0.1) is 5.82 Å². The normalized spacial score (nSPS) is 20.3. The molecular weight excluding hydrogens is 477 g/mol. The lowest BCUT2D eigenvalue weighted by atomic mass is 9.79. The summed E-state index contributed by atoms with van der Waals surface area (Å²) in [4.78, 5) is 25.1. The van der Waals surface area contributed by atoms with E-state index in [0.717, 1.165) is 5.70 Å². The fraction of sp³-hybridized carbons (Fsp3) is 0.294. The lowest BCUT2D eigenvalue weighted by Crippen LogP contribution is -2.37. The number of alkyl halides is 1. The first-order valence-corrected chi connectivity index (χ1v) is 10.5. The smallest absolute Gasteiger partial charge is 0.336 e. The topological polar surface area (TPSA) is 55.4 Å². The highest BCUT2D eigenvalue weighted by Gasteiger charge is 2.39. The van der Waals surface area contributed by atoms with Crippen LogP contribution in [0.2, 0.25) is 0 Å². The zero-order valence-electron chi connectivity index (χ0n) is 13.2. The van der Waals surface area contributed by atoms with Gasteiger partial charge < -0.3 is 10.1 Å². The zero-order chi connectivity index (χ0) is 18.1. The SMILES string of the molecule is COC(=O)C1=C(CBr)NC2=C(C(=O)CSC2)C1c1ccc(F)c(Br)c1. The molecular formula is C17H14Br2FNO3S. The lowest BCUT2D eigenvalue weighted by Gasteiger charge is -2.34. The van der Waals surface area contributed by atoms with Crippen LogP contribution in [0.4, 0.5) is 4.39 Å². The van der Waals surface area contributed by atoms with E-state index in [0.29, 0.717) is 39.2 Å². The maximum Gasteiger partial charge on any atom is 0.336 e. The Morgan fingerprint density at radius 1 is 1.44 bits per heavy atom. The van der Waals surface area contributed by atoms with Crippen LogP contribution in [-0.4, -0.2) is 35.7 Å². The summed E-state index contributed by atoms with van der Waals surface area (Å²) in [6, 6.07) is 4.54. The molecule has 3 rings (SSSR count). The van der Waals surface area contributed by atoms with E-state index in [1.165, 1.54) is 24.9 Å². The second kappa shape index (κ2) is 7.63. The van der Waals surface area contributed by atoms with E-state index in [2.05, 4.69) is 37.2 Å². The van der Waals surface area contributed by atoms with Gasteiger partial charge in [0.2, 0.25) is 0 Å². The number of Topliss-reactive ketones (excluding diaryl/α,β-unsaturated/α-hetero) is 1. The van der Waals surface area contributed by atoms with E-state index >= 15 is 0 Å². The quantitative estimate of drug-likeness (QED) is 0.517. The number of hydrogen-bond acceptors (Lipinski definition) is 5. The molecule has 25 heavy (non-hydrogen) atoms. The molecule has 4 nitrogen and oxygen atoms in total. The van der Waals surface area contributed by atoms with Gasteiger partial charge in [-0.05, 0) is 33.6 Å². The molecule has 0 aromatic heterocycles. The third kappa shape index (κ3) is 3.44. The highest BCUT2D eigenvalue weighted by Crippen LogP contribution is 2.42. The van der Waals surface area contributed by atoms with Gasteiger partial charge in [-0.15, -0.1) is 11.8 Å². The fourth-order valence-corrected chi connectivity index (χ4v) is 4.77. The van der Waals surface area contributed by atoms with Gasteiger partial charge in [0.1, 0.15) is 5.82 Å². The second-order valence-corrected chi connectivity index (χ2v) is 7.96. The predicted octanol–water partition coefficient (Wildman–Crippen LogP) is 3.67. The number of halogens is 3. The van der Waals surface area contributed by atoms with Crippen molar-refractivity contribution in [2.75, 3.05) is 23.9 Å². The number of esters is 1. The molecule has 0 amide bonds. The Morgan fingerprint density at radius 3 is 2.84 bits per heavy atom. The number of benzene rings is 1. The average Bonchev–Trinajstić information content (AvgIpc) is 2.62. The maximum absolute atomic E-state index is 13.7. The highest BCUT2D eigenvalue weighted by molar-refractivity contribution is 9.10. The number of hydrogen-bond donors (Lipinski definition) is 1. The van der Waals surface area contributed by atoms with Crippen LogP contribution in [0.3, 0.4) is 0 Å². The number of allylic oxidation sites excluding steroid dienone is 2. The van der Waals surface area contributed by atoms with Gasteiger partial charge in [-0.25, -0.2) is 9.18 Å². The van der Waals surface area contributed by atoms with E-state index in [1.54, 1.807) is 12.1 Å². The van der Waals surface area contributed by atoms with E-state index in [9.17, 15) is 14.0 Å². The number of ether oxygens (including phenoxy) is 1. The Kier molecular flexibility index (Phi) is 5.70. The summed E-state index contributed by atoms with van der Waals surface area (Å²) in [5.74, 6) is -0.505. The minimum atomic E-state index is -0.582. The summed E-state index contributed by atoms with van der Waals surface area (Å²) in [5, 5.41) is 3.62. The molecule has 1 atom stereocenters. The van der Waals surface area contributed by atoms with Crippen molar-refractivity contribution in [3.8, 4) is 0 Å². The Morgan fingerprint density at radius 2 is 2.20 bits per heavy atom. The summed E-state index contributed by atoms with van der Waals surface area (Å²) >= 11 is 8.11. The van der Waals surface area contributed by atoms with Crippen LogP contribution in [-0.2, 0) is 14.3 Å². The van der Waals surface area contributed by atoms with Crippen molar-refractivity contribution in [3.05, 3.63) is 56.6 Å². The van der Waals surface area contributed by atoms with Crippen molar-refractivity contribution >= 4 is 55.4 Å². The molecule has 8 heteroatoms. The molecule has 0 saturated heterocycles. The number of nitrogens with one attached hydrogen (secondary N) is 1. The number of carbonyl (C=O) groups is 2. The molecule has 0 radical (unpaired) electrons. The van der Waals surface area contributed by atoms with Crippen molar-refractivity contribution < 1.29 is 18.7 Å². The summed E-state index contributed by atoms with van der Waals surface area (Å²) < 4.78 is 18.9. The first-order chi connectivity index (χ1) is 12.0. The van der Waals surface area contributed by atoms with Crippen molar-refractivity contribution in [2.45, 2.75) is 5.92 Å². The van der Waals surface area contributed by atoms with E-state index in [4.69, 9.17) is 4.74 Å². The molecule has 1 unspecified atom stereocenters. The largest absolute Gasteiger partial charge is 0.466 e. The van der Waals surface area contributed by atoms with Crippen LogP contribution < -0.4 is 5.32 Å². The number of rotatable bonds is 3. The Hall–Kier alpha value is -1.12. The van der Waals surface area contributed by atoms with Gasteiger partial charge in [0.25, 0.3) is 0 Å². The Labute approximate surface area is 165 Å². The summed E-state index contributed by atoms with van der Waals surface area (Å²) in [7, 11) is 1.31. The molecule has 0 aliphatic carbocycles. The summed E-state index contributed by atoms with van der Waals surface area (Å²) in [6.45, 7) is 0. The lowest BCUT2D eigenvalue weighted by molar-refractivity contribution is -0.136. The Balaban J connectivity index is 2.24. The number of ketones is 1. The number of thioether (sulfide) groups is 1. The van der Waals surface area contributed by atoms with Gasteiger partial charge in [-0.3, -0.25) is 4.79 Å². The molecule has 132 valence electrons. The van der Waals surface area contributed by atoms with Crippen molar-refractivity contribution in [2.24, 2.45) is 0 Å². The summed E-state index contributed by atoms with van der Waals surface area (Å²) in [6.07, 6.45) is 0. The average molecular weight is 491 g/mol. The number of dihydropyridines is 1. The minimum Gasteiger partial charge on any atom is -0.466 e. The van der Waals surface area contributed by atoms with E-state index < -0.39 is 17.7 Å². The van der Waals surface area contributed by atoms with Crippen LogP contribution in [0.5, 0.6) is 0 Å². The van der Waals surface area contributed by atoms with Crippen molar-refractivity contribution in [3.63, 3.8) is 0 Å². The van der Waals surface area contributed by atoms with Crippen molar-refractivity contribution in [1.82, 2.24) is 5.32 Å². The highest BCUT2D eigenvalue weighted by atomic mass is 79.9. The fourth-order valence-electron chi connectivity index (χ4n) is 3.06. The molecule has 1 aromatic carbocycles. The third-order valence-electron chi connectivity index (χ3n) is 4.13. The zero-order valence-corrected chi connectivity index (χ0v) is 17.2. The van der Waals surface area contributed by atoms with Gasteiger partial charge in [0.15, 0.2) is 5.78 Å². The molecule has 0 saturated carbocycles. The van der Waals surface area contributed by atoms with E-state index in [-0.39, 0.29) is 10.3 Å². The van der Waals surface area contributed by atoms with Crippen molar-refractivity contribution in [1.29, 1.82) is 0 Å². The van der Waals surface area contributed by atoms with Gasteiger partial charge in [0.05, 0.1) is 22.9 Å².